The Labute approximate surface area is 82.8 Å². The Morgan fingerprint density at radius 1 is 1.46 bits per heavy atom. The number of hydrogen-bond donors (Lipinski definition) is 0. The normalized spacial score (nSPS) is 17.8. The van der Waals surface area contributed by atoms with E-state index in [1.54, 1.807) is 0 Å². The van der Waals surface area contributed by atoms with E-state index in [0.29, 0.717) is 6.42 Å². The fourth-order valence-electron chi connectivity index (χ4n) is 2.15. The highest BCUT2D eigenvalue weighted by molar-refractivity contribution is 7.10. The molecule has 1 saturated carbocycles. The Hall–Kier alpha value is -0.630. The van der Waals surface area contributed by atoms with Crippen molar-refractivity contribution in [2.75, 3.05) is 0 Å². The Kier molecular flexibility index (Phi) is 2.79. The largest absolute Gasteiger partial charge is 0.303 e. The van der Waals surface area contributed by atoms with E-state index in [-0.39, 0.29) is 0 Å². The monoisotopic (exact) mass is 194 g/mol. The van der Waals surface area contributed by atoms with Gasteiger partial charge >= 0.3 is 0 Å². The summed E-state index contributed by atoms with van der Waals surface area (Å²) in [6, 6.07) is 2.10. The third-order valence-corrected chi connectivity index (χ3v) is 3.93. The van der Waals surface area contributed by atoms with Crippen LogP contribution in [0.4, 0.5) is 0 Å². The van der Waals surface area contributed by atoms with Crippen molar-refractivity contribution in [2.45, 2.75) is 38.0 Å². The molecule has 0 N–H and O–H groups in total. The van der Waals surface area contributed by atoms with Gasteiger partial charge in [-0.3, -0.25) is 0 Å². The fraction of sp³-hybridized carbons (Fsp3) is 0.545. The molecule has 0 saturated heterocycles. The second-order valence-electron chi connectivity index (χ2n) is 3.66. The van der Waals surface area contributed by atoms with Crippen molar-refractivity contribution in [1.29, 1.82) is 0 Å². The minimum absolute atomic E-state index is 0.606. The van der Waals surface area contributed by atoms with Crippen LogP contribution in [0.1, 0.15) is 42.0 Å². The number of rotatable bonds is 3. The zero-order chi connectivity index (χ0) is 9.10. The van der Waals surface area contributed by atoms with Crippen LogP contribution in [-0.4, -0.2) is 6.29 Å². The molecule has 0 unspecified atom stereocenters. The Bertz CT molecular complexity index is 284. The van der Waals surface area contributed by atoms with Crippen molar-refractivity contribution in [1.82, 2.24) is 0 Å². The van der Waals surface area contributed by atoms with E-state index >= 15 is 0 Å². The van der Waals surface area contributed by atoms with Gasteiger partial charge in [0.05, 0.1) is 0 Å². The summed E-state index contributed by atoms with van der Waals surface area (Å²) in [5.74, 6) is 0.759. The summed E-state index contributed by atoms with van der Waals surface area (Å²) in [5, 5.41) is 2.12. The predicted molar refractivity (Wildman–Crippen MR) is 55.3 cm³/mol. The van der Waals surface area contributed by atoms with Gasteiger partial charge in [0.2, 0.25) is 0 Å². The van der Waals surface area contributed by atoms with Gasteiger partial charge in [0.25, 0.3) is 0 Å². The maximum atomic E-state index is 10.4. The SMILES string of the molecule is O=CCc1ccsc1C1CCCC1. The molecule has 0 atom stereocenters. The molecule has 1 aliphatic rings. The maximum Gasteiger partial charge on any atom is 0.124 e. The lowest BCUT2D eigenvalue weighted by Gasteiger charge is -2.07. The second-order valence-corrected chi connectivity index (χ2v) is 4.61. The molecule has 0 amide bonds. The van der Waals surface area contributed by atoms with Gasteiger partial charge in [-0.05, 0) is 35.8 Å². The highest BCUT2D eigenvalue weighted by Gasteiger charge is 2.20. The van der Waals surface area contributed by atoms with E-state index in [1.807, 2.05) is 11.3 Å². The van der Waals surface area contributed by atoms with E-state index in [0.717, 1.165) is 12.2 Å². The quantitative estimate of drug-likeness (QED) is 0.675. The highest BCUT2D eigenvalue weighted by atomic mass is 32.1. The third-order valence-electron chi connectivity index (χ3n) is 2.81. The number of carbonyl (C=O) groups is 1. The van der Waals surface area contributed by atoms with Crippen LogP contribution in [-0.2, 0) is 11.2 Å². The number of aldehydes is 1. The molecule has 1 aliphatic carbocycles. The first-order valence-electron chi connectivity index (χ1n) is 4.91. The van der Waals surface area contributed by atoms with Crippen LogP contribution in [0.2, 0.25) is 0 Å². The standard InChI is InChI=1S/C11H14OS/c12-7-5-10-6-8-13-11(10)9-3-1-2-4-9/h6-9H,1-5H2. The average molecular weight is 194 g/mol. The first-order chi connectivity index (χ1) is 6.42. The Balaban J connectivity index is 2.17. The lowest BCUT2D eigenvalue weighted by Crippen LogP contribution is -1.94. The van der Waals surface area contributed by atoms with Crippen molar-refractivity contribution in [3.63, 3.8) is 0 Å². The Morgan fingerprint density at radius 3 is 2.92 bits per heavy atom. The maximum absolute atomic E-state index is 10.4. The lowest BCUT2D eigenvalue weighted by molar-refractivity contribution is -0.107. The molecule has 1 aromatic rings. The van der Waals surface area contributed by atoms with Crippen molar-refractivity contribution >= 4 is 17.6 Å². The lowest BCUT2D eigenvalue weighted by atomic mass is 10.0. The summed E-state index contributed by atoms with van der Waals surface area (Å²) in [4.78, 5) is 11.9. The van der Waals surface area contributed by atoms with Gasteiger partial charge < -0.3 is 4.79 Å². The van der Waals surface area contributed by atoms with Gasteiger partial charge in [0.1, 0.15) is 6.29 Å². The summed E-state index contributed by atoms with van der Waals surface area (Å²) in [7, 11) is 0. The van der Waals surface area contributed by atoms with Crippen molar-refractivity contribution < 1.29 is 4.79 Å². The van der Waals surface area contributed by atoms with Crippen molar-refractivity contribution in [3.05, 3.63) is 21.9 Å². The predicted octanol–water partition coefficient (Wildman–Crippen LogP) is 3.15. The zero-order valence-corrected chi connectivity index (χ0v) is 8.48. The molecule has 13 heavy (non-hydrogen) atoms. The zero-order valence-electron chi connectivity index (χ0n) is 7.66. The van der Waals surface area contributed by atoms with E-state index < -0.39 is 0 Å². The van der Waals surface area contributed by atoms with Crippen LogP contribution in [0.3, 0.4) is 0 Å². The van der Waals surface area contributed by atoms with Crippen molar-refractivity contribution in [3.8, 4) is 0 Å². The van der Waals surface area contributed by atoms with Crippen LogP contribution in [0, 0.1) is 0 Å². The molecule has 0 spiro atoms. The molecule has 2 rings (SSSR count). The Morgan fingerprint density at radius 2 is 2.23 bits per heavy atom. The summed E-state index contributed by atoms with van der Waals surface area (Å²) in [6.07, 6.45) is 7.00. The molecule has 70 valence electrons. The van der Waals surface area contributed by atoms with Crippen molar-refractivity contribution in [2.24, 2.45) is 0 Å². The summed E-state index contributed by atoms with van der Waals surface area (Å²) in [6.45, 7) is 0. The first-order valence-corrected chi connectivity index (χ1v) is 5.79. The fourth-order valence-corrected chi connectivity index (χ4v) is 3.26. The van der Waals surface area contributed by atoms with Gasteiger partial charge in [-0.15, -0.1) is 11.3 Å². The average Bonchev–Trinajstić information content (AvgIpc) is 2.71. The molecule has 1 aromatic heterocycles. The van der Waals surface area contributed by atoms with E-state index in [4.69, 9.17) is 0 Å². The summed E-state index contributed by atoms with van der Waals surface area (Å²) in [5.41, 5.74) is 1.27. The molecule has 2 heteroatoms. The molecule has 1 fully saturated rings. The molecule has 1 nitrogen and oxygen atoms in total. The van der Waals surface area contributed by atoms with Gasteiger partial charge in [-0.25, -0.2) is 0 Å². The van der Waals surface area contributed by atoms with Crippen LogP contribution in [0.5, 0.6) is 0 Å². The minimum Gasteiger partial charge on any atom is -0.303 e. The van der Waals surface area contributed by atoms with Crippen LogP contribution in [0.25, 0.3) is 0 Å². The molecular formula is C11H14OS. The number of carbonyl (C=O) groups excluding carboxylic acids is 1. The third kappa shape index (κ3) is 1.83. The number of thiophene rings is 1. The topological polar surface area (TPSA) is 17.1 Å². The molecule has 0 aromatic carbocycles. The summed E-state index contributed by atoms with van der Waals surface area (Å²) < 4.78 is 0. The number of hydrogen-bond acceptors (Lipinski definition) is 2. The molecule has 0 aliphatic heterocycles. The van der Waals surface area contributed by atoms with E-state index in [2.05, 4.69) is 11.4 Å². The van der Waals surface area contributed by atoms with Crippen LogP contribution in [0.15, 0.2) is 11.4 Å². The molecular weight excluding hydrogens is 180 g/mol. The van der Waals surface area contributed by atoms with E-state index in [1.165, 1.54) is 36.1 Å². The second kappa shape index (κ2) is 4.05. The first kappa shape index (κ1) is 8.95. The molecule has 0 bridgehead atoms. The summed E-state index contributed by atoms with van der Waals surface area (Å²) >= 11 is 1.83. The van der Waals surface area contributed by atoms with Crippen LogP contribution >= 0.6 is 11.3 Å². The smallest absolute Gasteiger partial charge is 0.124 e. The van der Waals surface area contributed by atoms with Gasteiger partial charge in [-0.2, -0.15) is 0 Å². The molecule has 1 heterocycles. The highest BCUT2D eigenvalue weighted by Crippen LogP contribution is 2.38. The van der Waals surface area contributed by atoms with Crippen LogP contribution < -0.4 is 0 Å². The van der Waals surface area contributed by atoms with E-state index in [9.17, 15) is 4.79 Å². The molecule has 0 radical (unpaired) electrons. The van der Waals surface area contributed by atoms with Gasteiger partial charge in [0, 0.05) is 11.3 Å². The van der Waals surface area contributed by atoms with Gasteiger partial charge in [0.15, 0.2) is 0 Å². The minimum atomic E-state index is 0.606. The van der Waals surface area contributed by atoms with Gasteiger partial charge in [-0.1, -0.05) is 12.8 Å².